The number of likely N-dealkylation sites (tertiary alicyclic amines) is 1. The summed E-state index contributed by atoms with van der Waals surface area (Å²) in [6, 6.07) is 0.185. The number of rotatable bonds is 3. The summed E-state index contributed by atoms with van der Waals surface area (Å²) in [6.45, 7) is 4.65. The predicted molar refractivity (Wildman–Crippen MR) is 77.3 cm³/mol. The molecular weight excluding hydrogens is 254 g/mol. The highest BCUT2D eigenvalue weighted by Crippen LogP contribution is 2.39. The smallest absolute Gasteiger partial charge is 0.308 e. The van der Waals surface area contributed by atoms with Crippen molar-refractivity contribution < 1.29 is 14.7 Å². The lowest BCUT2D eigenvalue weighted by atomic mass is 9.73. The van der Waals surface area contributed by atoms with E-state index in [2.05, 4.69) is 6.92 Å². The highest BCUT2D eigenvalue weighted by Gasteiger charge is 2.36. The molecule has 2 aliphatic rings. The molecule has 114 valence electrons. The first-order valence-corrected chi connectivity index (χ1v) is 7.93. The third-order valence-electron chi connectivity index (χ3n) is 5.19. The second kappa shape index (κ2) is 6.15. The van der Waals surface area contributed by atoms with Gasteiger partial charge in [-0.25, -0.2) is 0 Å². The van der Waals surface area contributed by atoms with Crippen molar-refractivity contribution in [2.24, 2.45) is 11.3 Å². The highest BCUT2D eigenvalue weighted by atomic mass is 16.4. The van der Waals surface area contributed by atoms with Crippen molar-refractivity contribution in [3.8, 4) is 0 Å². The molecule has 2 rings (SSSR count). The van der Waals surface area contributed by atoms with E-state index in [1.54, 1.807) is 0 Å². The molecule has 1 amide bonds. The van der Waals surface area contributed by atoms with Crippen LogP contribution in [0, 0.1) is 11.3 Å². The van der Waals surface area contributed by atoms with Gasteiger partial charge in [-0.3, -0.25) is 9.59 Å². The summed E-state index contributed by atoms with van der Waals surface area (Å²) in [7, 11) is 0. The van der Waals surface area contributed by atoms with Crippen molar-refractivity contribution in [1.82, 2.24) is 4.90 Å². The first kappa shape index (κ1) is 15.3. The first-order chi connectivity index (χ1) is 9.41. The van der Waals surface area contributed by atoms with Crippen molar-refractivity contribution in [2.45, 2.75) is 71.3 Å². The largest absolute Gasteiger partial charge is 0.481 e. The molecule has 4 nitrogen and oxygen atoms in total. The standard InChI is InChI=1S/C16H27NO3/c1-12-6-7-13(15(19)20)11-17(12)14(18)10-16(2)8-4-3-5-9-16/h12-13H,3-11H2,1-2H3,(H,19,20). The van der Waals surface area contributed by atoms with E-state index in [9.17, 15) is 9.59 Å². The Bertz CT molecular complexity index is 374. The summed E-state index contributed by atoms with van der Waals surface area (Å²) >= 11 is 0. The van der Waals surface area contributed by atoms with Crippen molar-refractivity contribution in [2.75, 3.05) is 6.54 Å². The molecule has 0 aromatic rings. The van der Waals surface area contributed by atoms with Crippen LogP contribution in [0.25, 0.3) is 0 Å². The molecule has 0 spiro atoms. The number of nitrogens with zero attached hydrogens (tertiary/aromatic N) is 1. The van der Waals surface area contributed by atoms with Crippen LogP contribution >= 0.6 is 0 Å². The number of amides is 1. The molecular formula is C16H27NO3. The SMILES string of the molecule is CC1CCC(C(=O)O)CN1C(=O)CC1(C)CCCCC1. The number of aliphatic carboxylic acids is 1. The third-order valence-corrected chi connectivity index (χ3v) is 5.19. The molecule has 1 saturated heterocycles. The fraction of sp³-hybridized carbons (Fsp3) is 0.875. The molecule has 2 fully saturated rings. The zero-order chi connectivity index (χ0) is 14.8. The molecule has 1 aliphatic heterocycles. The van der Waals surface area contributed by atoms with E-state index >= 15 is 0 Å². The van der Waals surface area contributed by atoms with Gasteiger partial charge in [-0.2, -0.15) is 0 Å². The number of carbonyl (C=O) groups is 2. The molecule has 1 saturated carbocycles. The summed E-state index contributed by atoms with van der Waals surface area (Å²) in [4.78, 5) is 25.5. The van der Waals surface area contributed by atoms with Crippen LogP contribution in [0.5, 0.6) is 0 Å². The summed E-state index contributed by atoms with van der Waals surface area (Å²) in [5.74, 6) is -0.985. The molecule has 2 unspecified atom stereocenters. The highest BCUT2D eigenvalue weighted by molar-refractivity contribution is 5.79. The first-order valence-electron chi connectivity index (χ1n) is 7.93. The number of carboxylic acid groups (broad SMARTS) is 1. The van der Waals surface area contributed by atoms with Crippen molar-refractivity contribution in [3.63, 3.8) is 0 Å². The van der Waals surface area contributed by atoms with E-state index < -0.39 is 5.97 Å². The minimum Gasteiger partial charge on any atom is -0.481 e. The minimum atomic E-state index is -0.765. The van der Waals surface area contributed by atoms with E-state index in [1.807, 2.05) is 11.8 Å². The zero-order valence-corrected chi connectivity index (χ0v) is 12.7. The fourth-order valence-corrected chi connectivity index (χ4v) is 3.70. The Morgan fingerprint density at radius 3 is 2.45 bits per heavy atom. The van der Waals surface area contributed by atoms with Crippen LogP contribution in [0.3, 0.4) is 0 Å². The van der Waals surface area contributed by atoms with Crippen LogP contribution in [0.2, 0.25) is 0 Å². The Kier molecular flexibility index (Phi) is 4.71. The second-order valence-corrected chi connectivity index (χ2v) is 7.06. The Labute approximate surface area is 121 Å². The van der Waals surface area contributed by atoms with Crippen LogP contribution in [0.1, 0.15) is 65.2 Å². The Morgan fingerprint density at radius 2 is 1.85 bits per heavy atom. The lowest BCUT2D eigenvalue weighted by Crippen LogP contribution is -2.48. The van der Waals surface area contributed by atoms with Crippen molar-refractivity contribution in [3.05, 3.63) is 0 Å². The molecule has 1 N–H and O–H groups in total. The minimum absolute atomic E-state index is 0.130. The maximum atomic E-state index is 12.6. The van der Waals surface area contributed by atoms with Gasteiger partial charge in [-0.05, 0) is 38.0 Å². The molecule has 2 atom stereocenters. The number of piperidine rings is 1. The molecule has 0 aromatic heterocycles. The molecule has 0 aromatic carbocycles. The average molecular weight is 281 g/mol. The number of carbonyl (C=O) groups excluding carboxylic acids is 1. The monoisotopic (exact) mass is 281 g/mol. The summed E-state index contributed by atoms with van der Waals surface area (Å²) < 4.78 is 0. The van der Waals surface area contributed by atoms with Gasteiger partial charge in [0.05, 0.1) is 5.92 Å². The van der Waals surface area contributed by atoms with Crippen molar-refractivity contribution >= 4 is 11.9 Å². The van der Waals surface area contributed by atoms with Gasteiger partial charge in [0.25, 0.3) is 0 Å². The van der Waals surface area contributed by atoms with Gasteiger partial charge in [0.15, 0.2) is 0 Å². The maximum Gasteiger partial charge on any atom is 0.308 e. The molecule has 0 bridgehead atoms. The number of hydrogen-bond donors (Lipinski definition) is 1. The summed E-state index contributed by atoms with van der Waals surface area (Å²) in [5.41, 5.74) is 0.130. The topological polar surface area (TPSA) is 57.6 Å². The van der Waals surface area contributed by atoms with Crippen LogP contribution in [0.15, 0.2) is 0 Å². The number of carboxylic acids is 1. The van der Waals surface area contributed by atoms with Gasteiger partial charge in [-0.15, -0.1) is 0 Å². The van der Waals surface area contributed by atoms with Gasteiger partial charge in [0.2, 0.25) is 5.91 Å². The lowest BCUT2D eigenvalue weighted by Gasteiger charge is -2.40. The molecule has 4 heteroatoms. The van der Waals surface area contributed by atoms with Crippen LogP contribution in [-0.4, -0.2) is 34.5 Å². The van der Waals surface area contributed by atoms with E-state index in [0.717, 1.165) is 19.3 Å². The maximum absolute atomic E-state index is 12.6. The Balaban J connectivity index is 1.97. The van der Waals surface area contributed by atoms with E-state index in [4.69, 9.17) is 5.11 Å². The predicted octanol–water partition coefficient (Wildman–Crippen LogP) is 3.06. The zero-order valence-electron chi connectivity index (χ0n) is 12.7. The van der Waals surface area contributed by atoms with E-state index in [0.29, 0.717) is 19.4 Å². The Morgan fingerprint density at radius 1 is 1.20 bits per heavy atom. The van der Waals surface area contributed by atoms with Crippen LogP contribution in [-0.2, 0) is 9.59 Å². The molecule has 1 aliphatic carbocycles. The van der Waals surface area contributed by atoms with Gasteiger partial charge in [0, 0.05) is 19.0 Å². The van der Waals surface area contributed by atoms with Gasteiger partial charge in [0.1, 0.15) is 0 Å². The van der Waals surface area contributed by atoms with Gasteiger partial charge in [-0.1, -0.05) is 26.2 Å². The average Bonchev–Trinajstić information content (AvgIpc) is 2.39. The Hall–Kier alpha value is -1.06. The second-order valence-electron chi connectivity index (χ2n) is 7.06. The molecule has 20 heavy (non-hydrogen) atoms. The molecule has 0 radical (unpaired) electrons. The summed E-state index contributed by atoms with van der Waals surface area (Å²) in [5, 5.41) is 9.16. The number of hydrogen-bond acceptors (Lipinski definition) is 2. The lowest BCUT2D eigenvalue weighted by molar-refractivity contribution is -0.148. The van der Waals surface area contributed by atoms with Crippen LogP contribution in [0.4, 0.5) is 0 Å². The normalized spacial score (nSPS) is 30.0. The fourth-order valence-electron chi connectivity index (χ4n) is 3.70. The van der Waals surface area contributed by atoms with E-state index in [1.165, 1.54) is 19.3 Å². The third kappa shape index (κ3) is 3.53. The van der Waals surface area contributed by atoms with Gasteiger partial charge < -0.3 is 10.0 Å². The van der Waals surface area contributed by atoms with Crippen molar-refractivity contribution in [1.29, 1.82) is 0 Å². The van der Waals surface area contributed by atoms with Gasteiger partial charge >= 0.3 is 5.97 Å². The van der Waals surface area contributed by atoms with E-state index in [-0.39, 0.29) is 23.3 Å². The van der Waals surface area contributed by atoms with Crippen LogP contribution < -0.4 is 0 Å². The molecule has 1 heterocycles. The quantitative estimate of drug-likeness (QED) is 0.865. The summed E-state index contributed by atoms with van der Waals surface area (Å²) in [6.07, 6.45) is 8.06.